The van der Waals surface area contributed by atoms with Crippen molar-refractivity contribution in [2.24, 2.45) is 35.4 Å². The van der Waals surface area contributed by atoms with E-state index >= 15 is 0 Å². The fourth-order valence-electron chi connectivity index (χ4n) is 5.13. The zero-order valence-corrected chi connectivity index (χ0v) is 11.3. The van der Waals surface area contributed by atoms with Gasteiger partial charge in [0.25, 0.3) is 0 Å². The Balaban J connectivity index is 1.61. The quantitative estimate of drug-likeness (QED) is 0.648. The summed E-state index contributed by atoms with van der Waals surface area (Å²) in [7, 11) is 0. The monoisotopic (exact) mass is 260 g/mol. The Morgan fingerprint density at radius 3 is 2.53 bits per heavy atom. The largest absolute Gasteiger partial charge is 0.271 e. The molecule has 0 saturated heterocycles. The molecule has 3 aliphatic carbocycles. The van der Waals surface area contributed by atoms with Crippen LogP contribution in [0.15, 0.2) is 18.2 Å². The third kappa shape index (κ3) is 1.61. The number of nitrogens with two attached hydrogens (primary N) is 1. The lowest BCUT2D eigenvalue weighted by molar-refractivity contribution is 0.373. The number of halogens is 1. The van der Waals surface area contributed by atoms with Gasteiger partial charge < -0.3 is 0 Å². The van der Waals surface area contributed by atoms with E-state index in [2.05, 4.69) is 5.43 Å². The first-order valence-corrected chi connectivity index (χ1v) is 7.43. The van der Waals surface area contributed by atoms with Crippen LogP contribution in [0, 0.1) is 42.3 Å². The lowest BCUT2D eigenvalue weighted by atomic mass is 9.92. The maximum Gasteiger partial charge on any atom is 0.126 e. The van der Waals surface area contributed by atoms with E-state index in [1.54, 1.807) is 6.07 Å². The van der Waals surface area contributed by atoms with Crippen molar-refractivity contribution in [2.75, 3.05) is 0 Å². The molecule has 3 fully saturated rings. The minimum absolute atomic E-state index is 0.129. The second-order valence-electron chi connectivity index (χ2n) is 6.72. The Morgan fingerprint density at radius 2 is 1.95 bits per heavy atom. The van der Waals surface area contributed by atoms with Crippen molar-refractivity contribution >= 4 is 0 Å². The number of rotatable bonds is 3. The first kappa shape index (κ1) is 11.9. The van der Waals surface area contributed by atoms with Crippen LogP contribution in [0.3, 0.4) is 0 Å². The smallest absolute Gasteiger partial charge is 0.126 e. The van der Waals surface area contributed by atoms with Crippen molar-refractivity contribution < 1.29 is 4.39 Å². The summed E-state index contributed by atoms with van der Waals surface area (Å²) in [6, 6.07) is 5.62. The summed E-state index contributed by atoms with van der Waals surface area (Å²) >= 11 is 0. The normalized spacial score (nSPS) is 40.3. The molecule has 2 bridgehead atoms. The molecule has 19 heavy (non-hydrogen) atoms. The maximum atomic E-state index is 13.4. The predicted octanol–water partition coefficient (Wildman–Crippen LogP) is 2.93. The van der Waals surface area contributed by atoms with Crippen molar-refractivity contribution in [1.29, 1.82) is 0 Å². The third-order valence-corrected chi connectivity index (χ3v) is 5.90. The molecular formula is C16H21FN2. The number of fused-ring (bicyclic) bond motifs is 5. The van der Waals surface area contributed by atoms with Crippen LogP contribution in [0.4, 0.5) is 4.39 Å². The highest BCUT2D eigenvalue weighted by atomic mass is 19.1. The van der Waals surface area contributed by atoms with Crippen molar-refractivity contribution in [3.8, 4) is 0 Å². The number of hydrogen-bond donors (Lipinski definition) is 2. The molecule has 5 unspecified atom stereocenters. The minimum Gasteiger partial charge on any atom is -0.271 e. The van der Waals surface area contributed by atoms with Crippen LogP contribution < -0.4 is 11.3 Å². The van der Waals surface area contributed by atoms with E-state index in [-0.39, 0.29) is 11.9 Å². The second kappa shape index (κ2) is 4.03. The number of aryl methyl sites for hydroxylation is 1. The van der Waals surface area contributed by atoms with Crippen molar-refractivity contribution in [2.45, 2.75) is 32.2 Å². The number of hydrazine groups is 1. The molecule has 3 N–H and O–H groups in total. The topological polar surface area (TPSA) is 38.0 Å². The molecule has 102 valence electrons. The summed E-state index contributed by atoms with van der Waals surface area (Å²) in [6.07, 6.45) is 4.29. The van der Waals surface area contributed by atoms with Crippen molar-refractivity contribution in [3.63, 3.8) is 0 Å². The molecule has 1 aromatic carbocycles. The van der Waals surface area contributed by atoms with Crippen molar-refractivity contribution in [1.82, 2.24) is 5.43 Å². The van der Waals surface area contributed by atoms with Crippen LogP contribution in [0.1, 0.15) is 36.4 Å². The first-order valence-electron chi connectivity index (χ1n) is 7.43. The molecule has 3 saturated carbocycles. The van der Waals surface area contributed by atoms with E-state index in [4.69, 9.17) is 5.84 Å². The lowest BCUT2D eigenvalue weighted by Gasteiger charge is -2.20. The second-order valence-corrected chi connectivity index (χ2v) is 6.72. The fourth-order valence-corrected chi connectivity index (χ4v) is 5.13. The zero-order valence-electron chi connectivity index (χ0n) is 11.3. The van der Waals surface area contributed by atoms with E-state index in [0.29, 0.717) is 11.5 Å². The molecule has 1 aromatic rings. The molecule has 4 rings (SSSR count). The molecule has 0 heterocycles. The van der Waals surface area contributed by atoms with Gasteiger partial charge >= 0.3 is 0 Å². The standard InChI is InChI=1S/C16H21FN2/c1-8-6-11(4-5-12(8)17)16(19-18)15-13-9-2-3-10(7-9)14(13)15/h4-6,9-10,13-16,19H,2-3,7,18H2,1H3. The van der Waals surface area contributed by atoms with Gasteiger partial charge in [-0.3, -0.25) is 11.3 Å². The van der Waals surface area contributed by atoms with Gasteiger partial charge in [-0.1, -0.05) is 12.1 Å². The van der Waals surface area contributed by atoms with E-state index in [9.17, 15) is 4.39 Å². The van der Waals surface area contributed by atoms with Gasteiger partial charge in [-0.25, -0.2) is 4.39 Å². The summed E-state index contributed by atoms with van der Waals surface area (Å²) < 4.78 is 13.4. The minimum atomic E-state index is -0.129. The molecule has 0 spiro atoms. The lowest BCUT2D eigenvalue weighted by Crippen LogP contribution is -2.31. The third-order valence-electron chi connectivity index (χ3n) is 5.90. The fraction of sp³-hybridized carbons (Fsp3) is 0.625. The predicted molar refractivity (Wildman–Crippen MR) is 72.5 cm³/mol. The Morgan fingerprint density at radius 1 is 1.26 bits per heavy atom. The molecule has 0 aliphatic heterocycles. The summed E-state index contributed by atoms with van der Waals surface area (Å²) in [6.45, 7) is 1.82. The van der Waals surface area contributed by atoms with Crippen molar-refractivity contribution in [3.05, 3.63) is 35.1 Å². The highest BCUT2D eigenvalue weighted by molar-refractivity contribution is 5.30. The highest BCUT2D eigenvalue weighted by Gasteiger charge is 2.66. The number of hydrogen-bond acceptors (Lipinski definition) is 2. The molecule has 0 aromatic heterocycles. The van der Waals surface area contributed by atoms with Crippen LogP contribution >= 0.6 is 0 Å². The summed E-state index contributed by atoms with van der Waals surface area (Å²) in [5.74, 6) is 10.0. The summed E-state index contributed by atoms with van der Waals surface area (Å²) in [5, 5.41) is 0. The molecule has 0 radical (unpaired) electrons. The number of benzene rings is 1. The maximum absolute atomic E-state index is 13.4. The highest BCUT2D eigenvalue weighted by Crippen LogP contribution is 2.72. The van der Waals surface area contributed by atoms with Crippen LogP contribution in [-0.4, -0.2) is 0 Å². The van der Waals surface area contributed by atoms with E-state index in [1.165, 1.54) is 19.3 Å². The average Bonchev–Trinajstić information content (AvgIpc) is 2.82. The Kier molecular flexibility index (Phi) is 2.52. The molecule has 3 aliphatic rings. The van der Waals surface area contributed by atoms with E-state index in [1.807, 2.05) is 19.1 Å². The summed E-state index contributed by atoms with van der Waals surface area (Å²) in [5.41, 5.74) is 4.87. The van der Waals surface area contributed by atoms with Crippen LogP contribution in [0.5, 0.6) is 0 Å². The molecule has 3 heteroatoms. The van der Waals surface area contributed by atoms with Gasteiger partial charge in [0.15, 0.2) is 0 Å². The van der Waals surface area contributed by atoms with Crippen LogP contribution in [0.2, 0.25) is 0 Å². The Bertz CT molecular complexity index is 499. The van der Waals surface area contributed by atoms with E-state index in [0.717, 1.165) is 29.2 Å². The van der Waals surface area contributed by atoms with Gasteiger partial charge in [0.1, 0.15) is 5.82 Å². The Labute approximate surface area is 113 Å². The number of nitrogens with one attached hydrogen (secondary N) is 1. The SMILES string of the molecule is Cc1cc(C(NN)C2C3C4CCC(C4)C32)ccc1F. The molecule has 0 amide bonds. The summed E-state index contributed by atoms with van der Waals surface area (Å²) in [4.78, 5) is 0. The molecule has 5 atom stereocenters. The van der Waals surface area contributed by atoms with Gasteiger partial charge in [-0.15, -0.1) is 0 Å². The van der Waals surface area contributed by atoms with Crippen LogP contribution in [0.25, 0.3) is 0 Å². The average molecular weight is 260 g/mol. The molecular weight excluding hydrogens is 239 g/mol. The van der Waals surface area contributed by atoms with Gasteiger partial charge in [0, 0.05) is 6.04 Å². The van der Waals surface area contributed by atoms with Gasteiger partial charge in [0.05, 0.1) is 0 Å². The van der Waals surface area contributed by atoms with Gasteiger partial charge in [-0.2, -0.15) is 0 Å². The van der Waals surface area contributed by atoms with Gasteiger partial charge in [0.2, 0.25) is 0 Å². The Hall–Kier alpha value is -0.930. The zero-order chi connectivity index (χ0) is 13.1. The molecule has 2 nitrogen and oxygen atoms in total. The first-order chi connectivity index (χ1) is 9.20. The van der Waals surface area contributed by atoms with E-state index < -0.39 is 0 Å². The van der Waals surface area contributed by atoms with Crippen LogP contribution in [-0.2, 0) is 0 Å². The van der Waals surface area contributed by atoms with Gasteiger partial charge in [-0.05, 0) is 73.0 Å².